The van der Waals surface area contributed by atoms with Crippen molar-refractivity contribution in [3.63, 3.8) is 0 Å². The first-order valence-corrected chi connectivity index (χ1v) is 7.19. The van der Waals surface area contributed by atoms with Crippen LogP contribution in [0.4, 0.5) is 0 Å². The summed E-state index contributed by atoms with van der Waals surface area (Å²) in [6.45, 7) is 2.14. The van der Waals surface area contributed by atoms with Crippen molar-refractivity contribution in [3.8, 4) is 0 Å². The Labute approximate surface area is 125 Å². The lowest BCUT2D eigenvalue weighted by Crippen LogP contribution is -2.38. The SMILES string of the molecule is COCCN(CCN)C(=O)Cc1cccc2ccccc12. The maximum atomic E-state index is 12.5. The number of hydrogen-bond donors (Lipinski definition) is 1. The van der Waals surface area contributed by atoms with Gasteiger partial charge in [-0.2, -0.15) is 0 Å². The van der Waals surface area contributed by atoms with Crippen LogP contribution >= 0.6 is 0 Å². The van der Waals surface area contributed by atoms with Crippen molar-refractivity contribution in [2.24, 2.45) is 5.73 Å². The first-order chi connectivity index (χ1) is 10.3. The van der Waals surface area contributed by atoms with E-state index < -0.39 is 0 Å². The number of hydrogen-bond acceptors (Lipinski definition) is 3. The monoisotopic (exact) mass is 286 g/mol. The minimum atomic E-state index is 0.0915. The molecule has 2 rings (SSSR count). The van der Waals surface area contributed by atoms with Gasteiger partial charge in [-0.05, 0) is 16.3 Å². The lowest BCUT2D eigenvalue weighted by atomic mass is 10.0. The molecule has 0 bridgehead atoms. The average molecular weight is 286 g/mol. The van der Waals surface area contributed by atoms with Gasteiger partial charge in [-0.25, -0.2) is 0 Å². The third kappa shape index (κ3) is 4.03. The topological polar surface area (TPSA) is 55.6 Å². The van der Waals surface area contributed by atoms with E-state index in [1.165, 1.54) is 0 Å². The summed E-state index contributed by atoms with van der Waals surface area (Å²) in [5.41, 5.74) is 6.64. The zero-order valence-electron chi connectivity index (χ0n) is 12.4. The number of carbonyl (C=O) groups excluding carboxylic acids is 1. The number of ether oxygens (including phenoxy) is 1. The van der Waals surface area contributed by atoms with Gasteiger partial charge >= 0.3 is 0 Å². The summed E-state index contributed by atoms with van der Waals surface area (Å²) in [6, 6.07) is 14.2. The molecular formula is C17H22N2O2. The van der Waals surface area contributed by atoms with Crippen LogP contribution in [0.1, 0.15) is 5.56 Å². The first kappa shape index (κ1) is 15.5. The average Bonchev–Trinajstić information content (AvgIpc) is 2.51. The maximum absolute atomic E-state index is 12.5. The molecule has 112 valence electrons. The van der Waals surface area contributed by atoms with Crippen molar-refractivity contribution in [1.29, 1.82) is 0 Å². The fraction of sp³-hybridized carbons (Fsp3) is 0.353. The molecule has 0 aliphatic rings. The molecule has 0 aliphatic heterocycles. The van der Waals surface area contributed by atoms with Crippen LogP contribution in [-0.4, -0.2) is 44.2 Å². The molecule has 0 spiro atoms. The van der Waals surface area contributed by atoms with Gasteiger partial charge in [0, 0.05) is 26.7 Å². The fourth-order valence-corrected chi connectivity index (χ4v) is 2.44. The molecule has 0 atom stereocenters. The molecule has 1 amide bonds. The molecule has 0 radical (unpaired) electrons. The van der Waals surface area contributed by atoms with E-state index in [1.54, 1.807) is 12.0 Å². The third-order valence-corrected chi connectivity index (χ3v) is 3.54. The molecule has 2 N–H and O–H groups in total. The minimum Gasteiger partial charge on any atom is -0.383 e. The van der Waals surface area contributed by atoms with Crippen LogP contribution in [0.5, 0.6) is 0 Å². The van der Waals surface area contributed by atoms with E-state index in [0.717, 1.165) is 16.3 Å². The van der Waals surface area contributed by atoms with Crippen LogP contribution in [0.3, 0.4) is 0 Å². The van der Waals surface area contributed by atoms with Crippen LogP contribution in [0.25, 0.3) is 10.8 Å². The van der Waals surface area contributed by atoms with E-state index >= 15 is 0 Å². The van der Waals surface area contributed by atoms with Crippen molar-refractivity contribution in [1.82, 2.24) is 4.90 Å². The quantitative estimate of drug-likeness (QED) is 0.844. The second-order valence-corrected chi connectivity index (χ2v) is 4.98. The van der Waals surface area contributed by atoms with Crippen molar-refractivity contribution in [2.45, 2.75) is 6.42 Å². The summed E-state index contributed by atoms with van der Waals surface area (Å²) >= 11 is 0. The molecule has 0 unspecified atom stereocenters. The van der Waals surface area contributed by atoms with Crippen LogP contribution < -0.4 is 5.73 Å². The zero-order valence-corrected chi connectivity index (χ0v) is 12.4. The number of carbonyl (C=O) groups is 1. The summed E-state index contributed by atoms with van der Waals surface area (Å²) in [5.74, 6) is 0.0915. The molecule has 0 saturated carbocycles. The Morgan fingerprint density at radius 1 is 1.14 bits per heavy atom. The number of amides is 1. The highest BCUT2D eigenvalue weighted by atomic mass is 16.5. The van der Waals surface area contributed by atoms with Gasteiger partial charge in [0.1, 0.15) is 0 Å². The van der Waals surface area contributed by atoms with E-state index in [0.29, 0.717) is 32.7 Å². The van der Waals surface area contributed by atoms with Crippen molar-refractivity contribution in [2.75, 3.05) is 33.4 Å². The number of fused-ring (bicyclic) bond motifs is 1. The number of nitrogens with two attached hydrogens (primary N) is 1. The van der Waals surface area contributed by atoms with E-state index in [1.807, 2.05) is 24.3 Å². The largest absolute Gasteiger partial charge is 0.383 e. The van der Waals surface area contributed by atoms with Crippen molar-refractivity contribution in [3.05, 3.63) is 48.0 Å². The van der Waals surface area contributed by atoms with E-state index in [4.69, 9.17) is 10.5 Å². The lowest BCUT2D eigenvalue weighted by molar-refractivity contribution is -0.131. The maximum Gasteiger partial charge on any atom is 0.227 e. The number of methoxy groups -OCH3 is 1. The Morgan fingerprint density at radius 3 is 2.67 bits per heavy atom. The van der Waals surface area contributed by atoms with E-state index in [2.05, 4.69) is 18.2 Å². The molecule has 2 aromatic carbocycles. The molecule has 0 fully saturated rings. The number of benzene rings is 2. The van der Waals surface area contributed by atoms with Gasteiger partial charge < -0.3 is 15.4 Å². The molecule has 21 heavy (non-hydrogen) atoms. The van der Waals surface area contributed by atoms with Crippen molar-refractivity contribution >= 4 is 16.7 Å². The smallest absolute Gasteiger partial charge is 0.227 e. The van der Waals surface area contributed by atoms with Crippen LogP contribution in [0, 0.1) is 0 Å². The highest BCUT2D eigenvalue weighted by Crippen LogP contribution is 2.19. The van der Waals surface area contributed by atoms with Gasteiger partial charge in [-0.1, -0.05) is 42.5 Å². The van der Waals surface area contributed by atoms with Gasteiger partial charge in [0.25, 0.3) is 0 Å². The summed E-state index contributed by atoms with van der Waals surface area (Å²) in [5, 5.41) is 2.29. The zero-order chi connectivity index (χ0) is 15.1. The highest BCUT2D eigenvalue weighted by Gasteiger charge is 2.14. The predicted molar refractivity (Wildman–Crippen MR) is 85.2 cm³/mol. The number of nitrogens with zero attached hydrogens (tertiary/aromatic N) is 1. The molecule has 4 nitrogen and oxygen atoms in total. The Morgan fingerprint density at radius 2 is 1.90 bits per heavy atom. The fourth-order valence-electron chi connectivity index (χ4n) is 2.44. The summed E-state index contributed by atoms with van der Waals surface area (Å²) in [6.07, 6.45) is 0.394. The Kier molecular flexibility index (Phi) is 5.72. The highest BCUT2D eigenvalue weighted by molar-refractivity contribution is 5.90. The van der Waals surface area contributed by atoms with Crippen molar-refractivity contribution < 1.29 is 9.53 Å². The summed E-state index contributed by atoms with van der Waals surface area (Å²) < 4.78 is 5.05. The van der Waals surface area contributed by atoms with Crippen LogP contribution in [-0.2, 0) is 16.0 Å². The predicted octanol–water partition coefficient (Wildman–Crippen LogP) is 1.82. The van der Waals surface area contributed by atoms with Gasteiger partial charge in [0.05, 0.1) is 13.0 Å². The molecule has 0 aliphatic carbocycles. The third-order valence-electron chi connectivity index (χ3n) is 3.54. The second-order valence-electron chi connectivity index (χ2n) is 4.98. The van der Waals surface area contributed by atoms with Crippen LogP contribution in [0.2, 0.25) is 0 Å². The molecule has 2 aromatic rings. The summed E-state index contributed by atoms with van der Waals surface area (Å²) in [4.78, 5) is 14.2. The van der Waals surface area contributed by atoms with Gasteiger partial charge in [0.15, 0.2) is 0 Å². The second kappa shape index (κ2) is 7.76. The van der Waals surface area contributed by atoms with Gasteiger partial charge in [0.2, 0.25) is 5.91 Å². The molecule has 4 heteroatoms. The van der Waals surface area contributed by atoms with Gasteiger partial charge in [-0.3, -0.25) is 4.79 Å². The standard InChI is InChI=1S/C17H22N2O2/c1-21-12-11-19(10-9-18)17(20)13-15-7-4-6-14-5-2-3-8-16(14)15/h2-8H,9-13,18H2,1H3. The molecule has 0 heterocycles. The lowest BCUT2D eigenvalue weighted by Gasteiger charge is -2.22. The Balaban J connectivity index is 2.16. The Hall–Kier alpha value is -1.91. The number of rotatable bonds is 7. The first-order valence-electron chi connectivity index (χ1n) is 7.19. The minimum absolute atomic E-state index is 0.0915. The molecule has 0 saturated heterocycles. The van der Waals surface area contributed by atoms with E-state index in [-0.39, 0.29) is 5.91 Å². The summed E-state index contributed by atoms with van der Waals surface area (Å²) in [7, 11) is 1.63. The molecular weight excluding hydrogens is 264 g/mol. The molecule has 0 aromatic heterocycles. The van der Waals surface area contributed by atoms with Gasteiger partial charge in [-0.15, -0.1) is 0 Å². The normalized spacial score (nSPS) is 10.8. The van der Waals surface area contributed by atoms with E-state index in [9.17, 15) is 4.79 Å². The van der Waals surface area contributed by atoms with Crippen LogP contribution in [0.15, 0.2) is 42.5 Å². The Bertz CT molecular complexity index is 593.